The van der Waals surface area contributed by atoms with E-state index < -0.39 is 0 Å². The molecule has 17 heavy (non-hydrogen) atoms. The lowest BCUT2D eigenvalue weighted by molar-refractivity contribution is -0.125. The van der Waals surface area contributed by atoms with E-state index in [1.54, 1.807) is 0 Å². The smallest absolute Gasteiger partial charge is 0.223 e. The highest BCUT2D eigenvalue weighted by Crippen LogP contribution is 2.44. The summed E-state index contributed by atoms with van der Waals surface area (Å²) < 4.78 is 0. The Bertz CT molecular complexity index is 277. The molecule has 3 saturated carbocycles. The fourth-order valence-corrected chi connectivity index (χ4v) is 3.07. The van der Waals surface area contributed by atoms with Crippen molar-refractivity contribution in [1.29, 1.82) is 0 Å². The minimum Gasteiger partial charge on any atom is -0.353 e. The van der Waals surface area contributed by atoms with Gasteiger partial charge in [-0.05, 0) is 56.8 Å². The largest absolute Gasteiger partial charge is 0.353 e. The third-order valence-electron chi connectivity index (χ3n) is 4.41. The van der Waals surface area contributed by atoms with Crippen molar-refractivity contribution < 1.29 is 4.79 Å². The van der Waals surface area contributed by atoms with E-state index in [9.17, 15) is 4.79 Å². The Labute approximate surface area is 109 Å². The second kappa shape index (κ2) is 5.15. The van der Waals surface area contributed by atoms with Crippen LogP contribution in [0.2, 0.25) is 0 Å². The third kappa shape index (κ3) is 3.14. The van der Waals surface area contributed by atoms with E-state index in [1.165, 1.54) is 25.7 Å². The Morgan fingerprint density at radius 3 is 2.06 bits per heavy atom. The van der Waals surface area contributed by atoms with Crippen LogP contribution < -0.4 is 11.1 Å². The molecule has 0 aliphatic heterocycles. The summed E-state index contributed by atoms with van der Waals surface area (Å²) in [6.07, 6.45) is 8.22. The molecular weight excluding hydrogens is 236 g/mol. The van der Waals surface area contributed by atoms with Gasteiger partial charge in [0, 0.05) is 18.0 Å². The first-order valence-corrected chi connectivity index (χ1v) is 6.80. The molecule has 1 amide bonds. The predicted octanol–water partition coefficient (Wildman–Crippen LogP) is 1.84. The van der Waals surface area contributed by atoms with Crippen molar-refractivity contribution in [2.45, 2.75) is 57.0 Å². The minimum atomic E-state index is 0. The summed E-state index contributed by atoms with van der Waals surface area (Å²) >= 11 is 0. The maximum absolute atomic E-state index is 12.1. The average molecular weight is 259 g/mol. The van der Waals surface area contributed by atoms with E-state index in [4.69, 9.17) is 5.73 Å². The molecule has 3 aliphatic carbocycles. The van der Waals surface area contributed by atoms with Gasteiger partial charge in [0.15, 0.2) is 0 Å². The van der Waals surface area contributed by atoms with Gasteiger partial charge < -0.3 is 11.1 Å². The summed E-state index contributed by atoms with van der Waals surface area (Å²) in [7, 11) is 0. The maximum Gasteiger partial charge on any atom is 0.223 e. The van der Waals surface area contributed by atoms with Crippen LogP contribution in [0.1, 0.15) is 44.9 Å². The third-order valence-corrected chi connectivity index (χ3v) is 4.41. The fraction of sp³-hybridized carbons (Fsp3) is 0.923. The Kier molecular flexibility index (Phi) is 3.99. The number of rotatable bonds is 4. The van der Waals surface area contributed by atoms with E-state index in [2.05, 4.69) is 5.32 Å². The van der Waals surface area contributed by atoms with Gasteiger partial charge in [-0.15, -0.1) is 12.4 Å². The predicted molar refractivity (Wildman–Crippen MR) is 69.9 cm³/mol. The minimum absolute atomic E-state index is 0. The lowest BCUT2D eigenvalue weighted by Crippen LogP contribution is -2.41. The summed E-state index contributed by atoms with van der Waals surface area (Å²) in [5.74, 6) is 2.09. The van der Waals surface area contributed by atoms with E-state index in [1.807, 2.05) is 0 Å². The van der Waals surface area contributed by atoms with Gasteiger partial charge in [0.2, 0.25) is 5.91 Å². The van der Waals surface area contributed by atoms with E-state index in [-0.39, 0.29) is 30.3 Å². The normalized spacial score (nSPS) is 32.4. The van der Waals surface area contributed by atoms with Crippen molar-refractivity contribution in [3.8, 4) is 0 Å². The molecule has 0 heterocycles. The van der Waals surface area contributed by atoms with Crippen LogP contribution in [0.4, 0.5) is 0 Å². The molecule has 0 bridgehead atoms. The molecule has 0 aromatic carbocycles. The van der Waals surface area contributed by atoms with Crippen LogP contribution >= 0.6 is 12.4 Å². The van der Waals surface area contributed by atoms with E-state index in [0.29, 0.717) is 6.04 Å². The van der Waals surface area contributed by atoms with Crippen molar-refractivity contribution in [2.75, 3.05) is 0 Å². The van der Waals surface area contributed by atoms with Crippen molar-refractivity contribution in [3.63, 3.8) is 0 Å². The lowest BCUT2D eigenvalue weighted by atomic mass is 10.0. The molecule has 2 unspecified atom stereocenters. The second-order valence-electron chi connectivity index (χ2n) is 5.98. The molecule has 3 aliphatic rings. The van der Waals surface area contributed by atoms with Gasteiger partial charge >= 0.3 is 0 Å². The first kappa shape index (κ1) is 13.2. The molecule has 0 aromatic rings. The zero-order chi connectivity index (χ0) is 11.1. The van der Waals surface area contributed by atoms with Gasteiger partial charge in [0.05, 0.1) is 0 Å². The Balaban J connectivity index is 0.00000108. The SMILES string of the molecule is Cl.NC1CCC(C(=O)NC(C2CC2)C2CC2)C1. The summed E-state index contributed by atoms with van der Waals surface area (Å²) in [5.41, 5.74) is 5.86. The summed E-state index contributed by atoms with van der Waals surface area (Å²) in [5, 5.41) is 3.31. The first-order chi connectivity index (χ1) is 7.74. The van der Waals surface area contributed by atoms with Crippen molar-refractivity contribution in [3.05, 3.63) is 0 Å². The molecule has 0 spiro atoms. The number of hydrogen-bond acceptors (Lipinski definition) is 2. The van der Waals surface area contributed by atoms with Crippen molar-refractivity contribution in [2.24, 2.45) is 23.5 Å². The molecule has 4 heteroatoms. The monoisotopic (exact) mass is 258 g/mol. The zero-order valence-electron chi connectivity index (χ0n) is 10.2. The maximum atomic E-state index is 12.1. The van der Waals surface area contributed by atoms with Crippen LogP contribution in [0, 0.1) is 17.8 Å². The van der Waals surface area contributed by atoms with Gasteiger partial charge in [-0.25, -0.2) is 0 Å². The Hall–Kier alpha value is -0.280. The molecule has 3 N–H and O–H groups in total. The molecule has 98 valence electrons. The summed E-state index contributed by atoms with van der Waals surface area (Å²) in [6.45, 7) is 0. The number of hydrogen-bond donors (Lipinski definition) is 2. The fourth-order valence-electron chi connectivity index (χ4n) is 3.07. The molecule has 0 saturated heterocycles. The van der Waals surface area contributed by atoms with Crippen molar-refractivity contribution >= 4 is 18.3 Å². The van der Waals surface area contributed by atoms with Crippen LogP contribution in [-0.2, 0) is 4.79 Å². The number of halogens is 1. The average Bonchev–Trinajstić information content (AvgIpc) is 3.14. The van der Waals surface area contributed by atoms with Gasteiger partial charge in [-0.2, -0.15) is 0 Å². The van der Waals surface area contributed by atoms with Crippen LogP contribution in [0.5, 0.6) is 0 Å². The van der Waals surface area contributed by atoms with Crippen LogP contribution in [0.15, 0.2) is 0 Å². The number of carbonyl (C=O) groups excluding carboxylic acids is 1. The number of carbonyl (C=O) groups is 1. The number of amides is 1. The van der Waals surface area contributed by atoms with Crippen molar-refractivity contribution in [1.82, 2.24) is 5.32 Å². The highest BCUT2D eigenvalue weighted by Gasteiger charge is 2.43. The van der Waals surface area contributed by atoms with Gasteiger partial charge in [-0.3, -0.25) is 4.79 Å². The molecule has 2 atom stereocenters. The van der Waals surface area contributed by atoms with E-state index >= 15 is 0 Å². The molecule has 3 nitrogen and oxygen atoms in total. The van der Waals surface area contributed by atoms with Gasteiger partial charge in [0.1, 0.15) is 0 Å². The molecule has 3 rings (SSSR count). The summed E-state index contributed by atoms with van der Waals surface area (Å²) in [6, 6.07) is 0.764. The molecule has 3 fully saturated rings. The lowest BCUT2D eigenvalue weighted by Gasteiger charge is -2.20. The standard InChI is InChI=1S/C13H22N2O.ClH/c14-11-6-5-10(7-11)13(16)15-12(8-1-2-8)9-3-4-9;/h8-12H,1-7,14H2,(H,15,16);1H. The van der Waals surface area contributed by atoms with Crippen LogP contribution in [-0.4, -0.2) is 18.0 Å². The Morgan fingerprint density at radius 1 is 1.06 bits per heavy atom. The molecule has 0 radical (unpaired) electrons. The highest BCUT2D eigenvalue weighted by atomic mass is 35.5. The van der Waals surface area contributed by atoms with Crippen LogP contribution in [0.25, 0.3) is 0 Å². The van der Waals surface area contributed by atoms with Gasteiger partial charge in [0.25, 0.3) is 0 Å². The molecule has 0 aromatic heterocycles. The topological polar surface area (TPSA) is 55.1 Å². The molecular formula is C13H23ClN2O. The quantitative estimate of drug-likeness (QED) is 0.809. The highest BCUT2D eigenvalue weighted by molar-refractivity contribution is 5.85. The number of nitrogens with two attached hydrogens (primary N) is 1. The Morgan fingerprint density at radius 2 is 1.65 bits per heavy atom. The van der Waals surface area contributed by atoms with E-state index in [0.717, 1.165) is 31.1 Å². The summed E-state index contributed by atoms with van der Waals surface area (Å²) in [4.78, 5) is 12.1. The first-order valence-electron chi connectivity index (χ1n) is 6.80. The second-order valence-corrected chi connectivity index (χ2v) is 5.98. The number of nitrogens with one attached hydrogen (secondary N) is 1. The zero-order valence-corrected chi connectivity index (χ0v) is 11.0. The van der Waals surface area contributed by atoms with Crippen LogP contribution in [0.3, 0.4) is 0 Å². The van der Waals surface area contributed by atoms with Gasteiger partial charge in [-0.1, -0.05) is 0 Å².